The number of morpholine rings is 1. The van der Waals surface area contributed by atoms with E-state index < -0.39 is 33.6 Å². The zero-order valence-electron chi connectivity index (χ0n) is 16.0. The monoisotopic (exact) mass is 404 g/mol. The fraction of sp³-hybridized carbons (Fsp3) is 0.611. The van der Waals surface area contributed by atoms with Crippen molar-refractivity contribution in [1.82, 2.24) is 9.62 Å². The number of ether oxygens (including phenoxy) is 2. The van der Waals surface area contributed by atoms with Crippen LogP contribution in [0.25, 0.3) is 0 Å². The number of nitrogens with one attached hydrogen (secondary N) is 1. The Hall–Kier alpha value is -1.58. The minimum Gasteiger partial charge on any atom is -0.497 e. The first-order valence-corrected chi connectivity index (χ1v) is 9.79. The molecule has 1 aliphatic rings. The molecule has 2 atom stereocenters. The molecule has 0 aromatic heterocycles. The third kappa shape index (κ3) is 5.24. The van der Waals surface area contributed by atoms with Crippen molar-refractivity contribution in [2.24, 2.45) is 0 Å². The number of carbonyl (C=O) groups excluding carboxylic acids is 1. The molecule has 27 heavy (non-hydrogen) atoms. The Labute approximate surface area is 160 Å². The minimum absolute atomic E-state index is 0.103. The maximum Gasteiger partial charge on any atom is 0.344 e. The van der Waals surface area contributed by atoms with Gasteiger partial charge in [-0.3, -0.25) is 4.79 Å². The number of hydrogen-bond acceptors (Lipinski definition) is 4. The van der Waals surface area contributed by atoms with Crippen molar-refractivity contribution in [3.05, 3.63) is 29.8 Å². The lowest BCUT2D eigenvalue weighted by molar-refractivity contribution is -0.165. The van der Waals surface area contributed by atoms with Gasteiger partial charge in [-0.1, -0.05) is 12.1 Å². The maximum atomic E-state index is 15.2. The van der Waals surface area contributed by atoms with E-state index in [2.05, 4.69) is 4.72 Å². The fourth-order valence-corrected chi connectivity index (χ4v) is 3.38. The Kier molecular flexibility index (Phi) is 6.93. The Morgan fingerprint density at radius 3 is 2.26 bits per heavy atom. The van der Waals surface area contributed by atoms with Crippen LogP contribution in [0.5, 0.6) is 5.75 Å². The van der Waals surface area contributed by atoms with Gasteiger partial charge in [-0.05, 0) is 38.5 Å². The number of nitrogens with zero attached hydrogens (tertiary/aromatic N) is 1. The molecule has 1 saturated heterocycles. The lowest BCUT2D eigenvalue weighted by Gasteiger charge is -2.34. The molecule has 1 aromatic rings. The molecule has 2 rings (SSSR count). The number of halogens is 2. The summed E-state index contributed by atoms with van der Waals surface area (Å²) in [5.74, 6) is -4.59. The lowest BCUT2D eigenvalue weighted by atomic mass is 10.00. The van der Waals surface area contributed by atoms with Crippen molar-refractivity contribution in [2.75, 3.05) is 33.4 Å². The molecule has 9 heteroatoms. The number of benzene rings is 1. The van der Waals surface area contributed by atoms with E-state index in [0.29, 0.717) is 5.75 Å². The van der Waals surface area contributed by atoms with Crippen LogP contribution in [0.4, 0.5) is 8.78 Å². The molecule has 0 spiro atoms. The third-order valence-corrected chi connectivity index (χ3v) is 5.74. The molecule has 1 aliphatic heterocycles. The summed E-state index contributed by atoms with van der Waals surface area (Å²) in [6.07, 6.45) is 0. The molecule has 1 fully saturated rings. The van der Waals surface area contributed by atoms with Crippen LogP contribution in [0.2, 0.25) is 0 Å². The van der Waals surface area contributed by atoms with Crippen LogP contribution in [-0.2, 0) is 20.5 Å². The summed E-state index contributed by atoms with van der Waals surface area (Å²) >= 11 is 0. The molecule has 0 saturated carbocycles. The number of methoxy groups -OCH3 is 1. The molecule has 1 aromatic carbocycles. The Balaban J connectivity index is 2.36. The molecule has 152 valence electrons. The van der Waals surface area contributed by atoms with Gasteiger partial charge in [-0.25, -0.2) is 8.93 Å². The highest BCUT2D eigenvalue weighted by Crippen LogP contribution is 2.35. The van der Waals surface area contributed by atoms with Gasteiger partial charge < -0.3 is 14.4 Å². The van der Waals surface area contributed by atoms with E-state index >= 15 is 8.78 Å². The van der Waals surface area contributed by atoms with Gasteiger partial charge in [0.15, 0.2) is 0 Å². The predicted molar refractivity (Wildman–Crippen MR) is 99.1 cm³/mol. The Morgan fingerprint density at radius 1 is 1.22 bits per heavy atom. The van der Waals surface area contributed by atoms with Crippen molar-refractivity contribution in [1.29, 1.82) is 0 Å². The minimum atomic E-state index is -3.78. The Morgan fingerprint density at radius 2 is 1.78 bits per heavy atom. The van der Waals surface area contributed by atoms with Crippen LogP contribution in [0.1, 0.15) is 32.4 Å². The predicted octanol–water partition coefficient (Wildman–Crippen LogP) is 2.28. The average Bonchev–Trinajstić information content (AvgIpc) is 2.65. The Bertz CT molecular complexity index is 671. The fourth-order valence-electron chi connectivity index (χ4n) is 2.53. The average molecular weight is 404 g/mol. The van der Waals surface area contributed by atoms with Gasteiger partial charge >= 0.3 is 5.92 Å². The third-order valence-electron chi connectivity index (χ3n) is 4.18. The zero-order chi connectivity index (χ0) is 20.2. The second-order valence-electron chi connectivity index (χ2n) is 7.23. The van der Waals surface area contributed by atoms with Crippen LogP contribution < -0.4 is 9.46 Å². The molecule has 0 aliphatic carbocycles. The van der Waals surface area contributed by atoms with Crippen molar-refractivity contribution in [3.8, 4) is 5.75 Å². The molecule has 1 unspecified atom stereocenters. The molecule has 0 radical (unpaired) electrons. The summed E-state index contributed by atoms with van der Waals surface area (Å²) in [5.41, 5.74) is 0.153. The number of hydrogen-bond donors (Lipinski definition) is 1. The van der Waals surface area contributed by atoms with E-state index in [9.17, 15) is 9.00 Å². The first-order valence-electron chi connectivity index (χ1n) is 8.64. The quantitative estimate of drug-likeness (QED) is 0.790. The number of amides is 1. The summed E-state index contributed by atoms with van der Waals surface area (Å²) < 4.78 is 54.8. The van der Waals surface area contributed by atoms with Gasteiger partial charge in [-0.15, -0.1) is 0 Å². The summed E-state index contributed by atoms with van der Waals surface area (Å²) in [6.45, 7) is 5.65. The van der Waals surface area contributed by atoms with Gasteiger partial charge in [0.2, 0.25) is 0 Å². The maximum absolute atomic E-state index is 15.2. The van der Waals surface area contributed by atoms with E-state index in [-0.39, 0.29) is 31.9 Å². The van der Waals surface area contributed by atoms with Gasteiger partial charge in [0, 0.05) is 13.1 Å². The SMILES string of the molecule is COc1ccc([C@H](NS(=O)C(C)(C)C)C(F)(F)C(=O)N2CCOCC2)cc1. The van der Waals surface area contributed by atoms with Crippen molar-refractivity contribution < 1.29 is 27.3 Å². The van der Waals surface area contributed by atoms with Crippen molar-refractivity contribution in [2.45, 2.75) is 37.5 Å². The van der Waals surface area contributed by atoms with Crippen LogP contribution >= 0.6 is 0 Å². The van der Waals surface area contributed by atoms with Gasteiger partial charge in [0.1, 0.15) is 11.8 Å². The van der Waals surface area contributed by atoms with E-state index in [0.717, 1.165) is 4.90 Å². The van der Waals surface area contributed by atoms with Crippen molar-refractivity contribution in [3.63, 3.8) is 0 Å². The van der Waals surface area contributed by atoms with E-state index in [4.69, 9.17) is 9.47 Å². The van der Waals surface area contributed by atoms with Crippen LogP contribution in [0.15, 0.2) is 24.3 Å². The first kappa shape index (κ1) is 21.7. The molecule has 6 nitrogen and oxygen atoms in total. The highest BCUT2D eigenvalue weighted by Gasteiger charge is 2.51. The molecule has 1 heterocycles. The van der Waals surface area contributed by atoms with Gasteiger partial charge in [0.25, 0.3) is 5.91 Å². The topological polar surface area (TPSA) is 67.9 Å². The van der Waals surface area contributed by atoms with E-state index in [1.807, 2.05) is 0 Å². The molecule has 1 amide bonds. The number of carbonyl (C=O) groups is 1. The molecule has 0 bridgehead atoms. The molecular formula is C18H26F2N2O4S. The van der Waals surface area contributed by atoms with Gasteiger partial charge in [0.05, 0.1) is 36.1 Å². The highest BCUT2D eigenvalue weighted by molar-refractivity contribution is 7.84. The second kappa shape index (κ2) is 8.62. The van der Waals surface area contributed by atoms with Gasteiger partial charge in [-0.2, -0.15) is 8.78 Å². The molecule has 1 N–H and O–H groups in total. The molecular weight excluding hydrogens is 378 g/mol. The lowest BCUT2D eigenvalue weighted by Crippen LogP contribution is -2.54. The van der Waals surface area contributed by atoms with E-state index in [1.165, 1.54) is 31.4 Å². The number of rotatable bonds is 6. The summed E-state index contributed by atoms with van der Waals surface area (Å²) in [5, 5.41) is 0. The smallest absolute Gasteiger partial charge is 0.344 e. The van der Waals surface area contributed by atoms with Crippen LogP contribution in [-0.4, -0.2) is 59.1 Å². The zero-order valence-corrected chi connectivity index (χ0v) is 16.8. The normalized spacial score (nSPS) is 18.1. The van der Waals surface area contributed by atoms with Crippen molar-refractivity contribution >= 4 is 16.9 Å². The second-order valence-corrected chi connectivity index (χ2v) is 9.23. The highest BCUT2D eigenvalue weighted by atomic mass is 32.2. The summed E-state index contributed by atoms with van der Waals surface area (Å²) in [7, 11) is -0.331. The standard InChI is InChI=1S/C18H26F2N2O4S/c1-17(2,3)27(24)21-15(13-5-7-14(25-4)8-6-13)18(19,20)16(23)22-9-11-26-12-10-22/h5-8,15,21H,9-12H2,1-4H3/t15-,27?/m0/s1. The largest absolute Gasteiger partial charge is 0.497 e. The first-order chi connectivity index (χ1) is 12.6. The van der Waals surface area contributed by atoms with E-state index in [1.54, 1.807) is 20.8 Å². The summed E-state index contributed by atoms with van der Waals surface area (Å²) in [6, 6.07) is 4.20. The van der Waals surface area contributed by atoms with Crippen LogP contribution in [0.3, 0.4) is 0 Å². The summed E-state index contributed by atoms with van der Waals surface area (Å²) in [4.78, 5) is 13.6. The van der Waals surface area contributed by atoms with Crippen LogP contribution in [0, 0.1) is 0 Å². The number of alkyl halides is 2.